The number of benzene rings is 1. The summed E-state index contributed by atoms with van der Waals surface area (Å²) in [6.07, 6.45) is 6.38. The molecule has 2 aliphatic heterocycles. The molecule has 0 aromatic heterocycles. The predicted octanol–water partition coefficient (Wildman–Crippen LogP) is 3.26. The number of ether oxygens (including phenoxy) is 1. The van der Waals surface area contributed by atoms with Gasteiger partial charge in [-0.05, 0) is 64.5 Å². The number of hydrogen-bond donors (Lipinski definition) is 0. The van der Waals surface area contributed by atoms with E-state index in [9.17, 15) is 9.59 Å². The third-order valence-electron chi connectivity index (χ3n) is 7.27. The maximum absolute atomic E-state index is 13.1. The molecule has 176 valence electrons. The van der Waals surface area contributed by atoms with E-state index in [1.807, 2.05) is 37.9 Å². The zero-order valence-corrected chi connectivity index (χ0v) is 20.0. The Morgan fingerprint density at radius 1 is 0.969 bits per heavy atom. The second-order valence-corrected chi connectivity index (χ2v) is 10.0. The average molecular weight is 442 g/mol. The minimum atomic E-state index is 0.0814. The fourth-order valence-corrected chi connectivity index (χ4v) is 5.38. The second kappa shape index (κ2) is 10.3. The van der Waals surface area contributed by atoms with Crippen molar-refractivity contribution in [3.8, 4) is 0 Å². The number of rotatable bonds is 7. The van der Waals surface area contributed by atoms with Crippen LogP contribution in [-0.2, 0) is 9.53 Å². The highest BCUT2D eigenvalue weighted by Crippen LogP contribution is 2.33. The molecule has 6 nitrogen and oxygen atoms in total. The van der Waals surface area contributed by atoms with Gasteiger partial charge in [-0.15, -0.1) is 0 Å². The molecule has 0 radical (unpaired) electrons. The Morgan fingerprint density at radius 2 is 1.66 bits per heavy atom. The van der Waals surface area contributed by atoms with E-state index in [0.717, 1.165) is 88.1 Å². The number of piperidine rings is 1. The van der Waals surface area contributed by atoms with E-state index in [1.165, 1.54) is 0 Å². The molecule has 0 N–H and O–H groups in total. The summed E-state index contributed by atoms with van der Waals surface area (Å²) in [5.41, 5.74) is 3.00. The summed E-state index contributed by atoms with van der Waals surface area (Å²) in [4.78, 5) is 32.3. The van der Waals surface area contributed by atoms with Crippen LogP contribution in [0.3, 0.4) is 0 Å². The highest BCUT2D eigenvalue weighted by atomic mass is 16.5. The summed E-state index contributed by atoms with van der Waals surface area (Å²) >= 11 is 0. The van der Waals surface area contributed by atoms with Gasteiger partial charge in [-0.2, -0.15) is 0 Å². The molecule has 1 saturated carbocycles. The lowest BCUT2D eigenvalue weighted by molar-refractivity contribution is -0.135. The Bertz CT molecular complexity index is 796. The van der Waals surface area contributed by atoms with Crippen molar-refractivity contribution >= 4 is 11.8 Å². The molecular formula is C26H39N3O3. The third kappa shape index (κ3) is 5.70. The summed E-state index contributed by atoms with van der Waals surface area (Å²) in [6.45, 7) is 8.94. The first-order chi connectivity index (χ1) is 15.4. The summed E-state index contributed by atoms with van der Waals surface area (Å²) in [6, 6.07) is 6.89. The second-order valence-electron chi connectivity index (χ2n) is 10.0. The Hall–Kier alpha value is -1.92. The van der Waals surface area contributed by atoms with Crippen molar-refractivity contribution < 1.29 is 14.3 Å². The van der Waals surface area contributed by atoms with Crippen LogP contribution in [0.4, 0.5) is 0 Å². The van der Waals surface area contributed by atoms with Gasteiger partial charge in [0.25, 0.3) is 5.91 Å². The molecule has 1 aromatic carbocycles. The first-order valence-corrected chi connectivity index (χ1v) is 12.4. The van der Waals surface area contributed by atoms with Gasteiger partial charge in [0.1, 0.15) is 0 Å². The van der Waals surface area contributed by atoms with Gasteiger partial charge < -0.3 is 14.5 Å². The molecule has 0 spiro atoms. The van der Waals surface area contributed by atoms with Crippen LogP contribution in [0.1, 0.15) is 60.0 Å². The van der Waals surface area contributed by atoms with E-state index in [1.54, 1.807) is 0 Å². The highest BCUT2D eigenvalue weighted by molar-refractivity contribution is 5.94. The van der Waals surface area contributed by atoms with Gasteiger partial charge in [0, 0.05) is 70.0 Å². The molecule has 2 heterocycles. The predicted molar refractivity (Wildman–Crippen MR) is 126 cm³/mol. The van der Waals surface area contributed by atoms with Crippen LogP contribution in [0, 0.1) is 19.8 Å². The van der Waals surface area contributed by atoms with Crippen LogP contribution in [0.2, 0.25) is 0 Å². The minimum absolute atomic E-state index is 0.0814. The lowest BCUT2D eigenvalue weighted by atomic mass is 9.98. The van der Waals surface area contributed by atoms with Crippen LogP contribution in [-0.4, -0.2) is 85.0 Å². The quantitative estimate of drug-likeness (QED) is 0.652. The normalized spacial score (nSPS) is 22.2. The number of hydrogen-bond acceptors (Lipinski definition) is 4. The molecule has 1 atom stereocenters. The molecular weight excluding hydrogens is 402 g/mol. The fraction of sp³-hybridized carbons (Fsp3) is 0.692. The molecule has 2 saturated heterocycles. The van der Waals surface area contributed by atoms with Gasteiger partial charge in [0.05, 0.1) is 0 Å². The third-order valence-corrected chi connectivity index (χ3v) is 7.27. The van der Waals surface area contributed by atoms with Crippen LogP contribution < -0.4 is 0 Å². The summed E-state index contributed by atoms with van der Waals surface area (Å²) in [7, 11) is 1.91. The number of likely N-dealkylation sites (N-methyl/N-ethyl adjacent to an activating group) is 1. The Balaban J connectivity index is 1.42. The van der Waals surface area contributed by atoms with E-state index in [2.05, 4.69) is 15.9 Å². The van der Waals surface area contributed by atoms with Crippen LogP contribution in [0.5, 0.6) is 0 Å². The average Bonchev–Trinajstić information content (AvgIpc) is 3.64. The summed E-state index contributed by atoms with van der Waals surface area (Å²) < 4.78 is 5.62. The maximum Gasteiger partial charge on any atom is 0.253 e. The van der Waals surface area contributed by atoms with E-state index < -0.39 is 0 Å². The Morgan fingerprint density at radius 3 is 2.31 bits per heavy atom. The number of aryl methyl sites for hydroxylation is 2. The molecule has 1 unspecified atom stereocenters. The number of amides is 2. The van der Waals surface area contributed by atoms with E-state index >= 15 is 0 Å². The number of likely N-dealkylation sites (tertiary alicyclic amines) is 1. The number of carbonyl (C=O) groups excluding carboxylic acids is 2. The van der Waals surface area contributed by atoms with Crippen molar-refractivity contribution in [3.05, 3.63) is 34.9 Å². The molecule has 4 rings (SSSR count). The summed E-state index contributed by atoms with van der Waals surface area (Å²) in [5, 5.41) is 0. The Labute approximate surface area is 192 Å². The van der Waals surface area contributed by atoms with Gasteiger partial charge in [0.2, 0.25) is 5.91 Å². The fourth-order valence-electron chi connectivity index (χ4n) is 5.38. The minimum Gasteiger partial charge on any atom is -0.381 e. The zero-order valence-electron chi connectivity index (χ0n) is 20.0. The van der Waals surface area contributed by atoms with Gasteiger partial charge in [0.15, 0.2) is 0 Å². The van der Waals surface area contributed by atoms with Crippen molar-refractivity contribution in [2.45, 2.75) is 64.5 Å². The van der Waals surface area contributed by atoms with Crippen molar-refractivity contribution in [1.29, 1.82) is 0 Å². The zero-order chi connectivity index (χ0) is 22.7. The maximum atomic E-state index is 13.1. The standard InChI is InChI=1S/C26H39N3O3/c1-19-15-20(2)17-22(16-19)25(30)27(3)11-12-29(23-8-13-32-14-9-23)24-5-4-10-28(18-24)26(31)21-6-7-21/h15-17,21,23-24H,4-14,18H2,1-3H3. The monoisotopic (exact) mass is 441 g/mol. The van der Waals surface area contributed by atoms with Crippen LogP contribution >= 0.6 is 0 Å². The molecule has 3 aliphatic rings. The van der Waals surface area contributed by atoms with Gasteiger partial charge in [-0.1, -0.05) is 17.2 Å². The van der Waals surface area contributed by atoms with Crippen LogP contribution in [0.25, 0.3) is 0 Å². The molecule has 3 fully saturated rings. The van der Waals surface area contributed by atoms with E-state index in [0.29, 0.717) is 24.5 Å². The number of nitrogens with zero attached hydrogens (tertiary/aromatic N) is 3. The first kappa shape index (κ1) is 23.2. The van der Waals surface area contributed by atoms with E-state index in [-0.39, 0.29) is 11.8 Å². The SMILES string of the molecule is Cc1cc(C)cc(C(=O)N(C)CCN(C2CCOCC2)C2CCCN(C(=O)C3CC3)C2)c1. The molecule has 0 bridgehead atoms. The van der Waals surface area contributed by atoms with E-state index in [4.69, 9.17) is 4.74 Å². The van der Waals surface area contributed by atoms with Crippen molar-refractivity contribution in [2.24, 2.45) is 5.92 Å². The molecule has 1 aromatic rings. The topological polar surface area (TPSA) is 53.1 Å². The first-order valence-electron chi connectivity index (χ1n) is 12.4. The highest BCUT2D eigenvalue weighted by Gasteiger charge is 2.38. The van der Waals surface area contributed by atoms with Gasteiger partial charge >= 0.3 is 0 Å². The van der Waals surface area contributed by atoms with Gasteiger partial charge in [-0.25, -0.2) is 0 Å². The summed E-state index contributed by atoms with van der Waals surface area (Å²) in [5.74, 6) is 0.730. The van der Waals surface area contributed by atoms with Gasteiger partial charge in [-0.3, -0.25) is 14.5 Å². The lowest BCUT2D eigenvalue weighted by Crippen LogP contribution is -2.55. The molecule has 1 aliphatic carbocycles. The number of carbonyl (C=O) groups is 2. The molecule has 32 heavy (non-hydrogen) atoms. The van der Waals surface area contributed by atoms with Crippen LogP contribution in [0.15, 0.2) is 18.2 Å². The van der Waals surface area contributed by atoms with Crippen molar-refractivity contribution in [3.63, 3.8) is 0 Å². The van der Waals surface area contributed by atoms with Crippen molar-refractivity contribution in [2.75, 3.05) is 46.4 Å². The van der Waals surface area contributed by atoms with Crippen molar-refractivity contribution in [1.82, 2.24) is 14.7 Å². The Kier molecular flexibility index (Phi) is 7.51. The smallest absolute Gasteiger partial charge is 0.253 e. The molecule has 2 amide bonds. The largest absolute Gasteiger partial charge is 0.381 e. The lowest BCUT2D eigenvalue weighted by Gasteiger charge is -2.44. The molecule has 6 heteroatoms.